The Labute approximate surface area is 130 Å². The van der Waals surface area contributed by atoms with Crippen LogP contribution in [0.3, 0.4) is 0 Å². The Morgan fingerprint density at radius 1 is 1.00 bits per heavy atom. The third kappa shape index (κ3) is 3.98. The molecule has 1 aromatic carbocycles. The molecule has 0 radical (unpaired) electrons. The lowest BCUT2D eigenvalue weighted by Gasteiger charge is -2.01. The summed E-state index contributed by atoms with van der Waals surface area (Å²) in [4.78, 5) is 25.3. The second-order valence-corrected chi connectivity index (χ2v) is 5.94. The van der Waals surface area contributed by atoms with Crippen molar-refractivity contribution in [3.05, 3.63) is 59.4 Å². The molecule has 0 aliphatic heterocycles. The van der Waals surface area contributed by atoms with Gasteiger partial charge in [0.2, 0.25) is 0 Å². The maximum atomic E-state index is 12.0. The smallest absolute Gasteiger partial charge is 0.354 e. The van der Waals surface area contributed by atoms with E-state index in [0.29, 0.717) is 0 Å². The van der Waals surface area contributed by atoms with Gasteiger partial charge in [-0.1, -0.05) is 18.2 Å². The molecule has 118 valence electrons. The second kappa shape index (κ2) is 6.36. The quantitative estimate of drug-likeness (QED) is 0.787. The summed E-state index contributed by atoms with van der Waals surface area (Å²) in [7, 11) is -3.97. The fraction of sp³-hybridized carbons (Fsp3) is 0. The van der Waals surface area contributed by atoms with Crippen molar-refractivity contribution in [3.8, 4) is 0 Å². The highest BCUT2D eigenvalue weighted by atomic mass is 32.2. The van der Waals surface area contributed by atoms with Crippen LogP contribution < -0.4 is 0 Å². The lowest BCUT2D eigenvalue weighted by Crippen LogP contribution is -2.09. The van der Waals surface area contributed by atoms with Crippen molar-refractivity contribution in [1.82, 2.24) is 4.98 Å². The molecule has 0 fully saturated rings. The van der Waals surface area contributed by atoms with Gasteiger partial charge in [-0.05, 0) is 29.8 Å². The minimum absolute atomic E-state index is 0.00527. The van der Waals surface area contributed by atoms with Crippen molar-refractivity contribution in [2.24, 2.45) is 4.40 Å². The third-order valence-electron chi connectivity index (χ3n) is 2.67. The molecule has 0 aliphatic rings. The zero-order chi connectivity index (χ0) is 17.0. The van der Waals surface area contributed by atoms with Crippen LogP contribution in [0.4, 0.5) is 0 Å². The van der Waals surface area contributed by atoms with Gasteiger partial charge in [-0.3, -0.25) is 0 Å². The van der Waals surface area contributed by atoms with Crippen molar-refractivity contribution in [3.63, 3.8) is 0 Å². The number of carbonyl (C=O) groups is 2. The zero-order valence-electron chi connectivity index (χ0n) is 11.4. The number of benzene rings is 1. The van der Waals surface area contributed by atoms with E-state index < -0.39 is 33.3 Å². The molecule has 1 heterocycles. The van der Waals surface area contributed by atoms with E-state index in [4.69, 9.17) is 10.2 Å². The molecular formula is C14H10N2O6S. The molecule has 2 rings (SSSR count). The third-order valence-corrected chi connectivity index (χ3v) is 3.92. The number of aromatic nitrogens is 1. The minimum atomic E-state index is -3.97. The number of carboxylic acids is 2. The van der Waals surface area contributed by atoms with Crippen LogP contribution >= 0.6 is 0 Å². The Balaban J connectivity index is 2.43. The molecule has 1 aromatic heterocycles. The summed E-state index contributed by atoms with van der Waals surface area (Å²) in [5.74, 6) is -2.87. The fourth-order valence-corrected chi connectivity index (χ4v) is 2.51. The fourth-order valence-electron chi connectivity index (χ4n) is 1.63. The van der Waals surface area contributed by atoms with E-state index in [1.165, 1.54) is 24.3 Å². The molecule has 0 spiro atoms. The molecule has 8 nitrogen and oxygen atoms in total. The van der Waals surface area contributed by atoms with Crippen LogP contribution in [0.25, 0.3) is 0 Å². The standard InChI is InChI=1S/C14H10N2O6S/c17-13(18)11-6-9(7-12(16-11)14(19)20)8-15-23(21,22)10-4-2-1-3-5-10/h1-8H,(H,17,18)(H,19,20)/b15-8+. The Bertz CT molecular complexity index is 858. The lowest BCUT2D eigenvalue weighted by atomic mass is 10.2. The highest BCUT2D eigenvalue weighted by molar-refractivity contribution is 7.90. The van der Waals surface area contributed by atoms with Crippen molar-refractivity contribution in [2.45, 2.75) is 4.90 Å². The van der Waals surface area contributed by atoms with Gasteiger partial charge in [0.05, 0.1) is 4.90 Å². The predicted molar refractivity (Wildman–Crippen MR) is 79.4 cm³/mol. The number of hydrogen-bond acceptors (Lipinski definition) is 5. The summed E-state index contributed by atoms with van der Waals surface area (Å²) in [6, 6.07) is 9.45. The molecule has 0 aliphatic carbocycles. The van der Waals surface area contributed by atoms with Crippen molar-refractivity contribution < 1.29 is 28.2 Å². The molecule has 0 saturated heterocycles. The summed E-state index contributed by atoms with van der Waals surface area (Å²) in [5.41, 5.74) is -1.05. The normalized spacial score (nSPS) is 11.5. The van der Waals surface area contributed by atoms with Gasteiger partial charge in [-0.2, -0.15) is 12.8 Å². The number of pyridine rings is 1. The molecule has 0 atom stereocenters. The molecule has 2 aromatic rings. The van der Waals surface area contributed by atoms with E-state index in [0.717, 1.165) is 18.3 Å². The summed E-state index contributed by atoms with van der Waals surface area (Å²) in [5, 5.41) is 17.8. The average molecular weight is 334 g/mol. The van der Waals surface area contributed by atoms with Gasteiger partial charge < -0.3 is 10.2 Å². The molecule has 0 saturated carbocycles. The van der Waals surface area contributed by atoms with Gasteiger partial charge >= 0.3 is 11.9 Å². The first-order valence-corrected chi connectivity index (χ1v) is 7.58. The maximum absolute atomic E-state index is 12.0. The van der Waals surface area contributed by atoms with Crippen LogP contribution in [-0.4, -0.2) is 41.8 Å². The number of nitrogens with zero attached hydrogens (tertiary/aromatic N) is 2. The Morgan fingerprint density at radius 3 is 2.00 bits per heavy atom. The lowest BCUT2D eigenvalue weighted by molar-refractivity contribution is 0.0685. The predicted octanol–water partition coefficient (Wildman–Crippen LogP) is 1.29. The number of carboxylic acid groups (broad SMARTS) is 2. The van der Waals surface area contributed by atoms with E-state index in [9.17, 15) is 18.0 Å². The summed E-state index contributed by atoms with van der Waals surface area (Å²) >= 11 is 0. The van der Waals surface area contributed by atoms with Crippen LogP contribution in [0.15, 0.2) is 51.8 Å². The van der Waals surface area contributed by atoms with Gasteiger partial charge in [-0.15, -0.1) is 0 Å². The maximum Gasteiger partial charge on any atom is 0.354 e. The Hall–Kier alpha value is -3.07. The molecule has 0 bridgehead atoms. The topological polar surface area (TPSA) is 134 Å². The largest absolute Gasteiger partial charge is 0.477 e. The SMILES string of the molecule is O=C(O)c1cc(/C=N/S(=O)(=O)c2ccccc2)cc(C(=O)O)n1. The van der Waals surface area contributed by atoms with Crippen LogP contribution in [-0.2, 0) is 10.0 Å². The summed E-state index contributed by atoms with van der Waals surface area (Å²) in [6.45, 7) is 0. The molecule has 0 unspecified atom stereocenters. The Morgan fingerprint density at radius 2 is 1.52 bits per heavy atom. The first-order chi connectivity index (χ1) is 10.8. The van der Waals surface area contributed by atoms with E-state index in [-0.39, 0.29) is 10.5 Å². The molecule has 23 heavy (non-hydrogen) atoms. The molecule has 2 N–H and O–H groups in total. The van der Waals surface area contributed by atoms with Crippen molar-refractivity contribution in [2.75, 3.05) is 0 Å². The van der Waals surface area contributed by atoms with Gasteiger partial charge in [0.1, 0.15) is 11.4 Å². The zero-order valence-corrected chi connectivity index (χ0v) is 12.3. The Kier molecular flexibility index (Phi) is 4.51. The van der Waals surface area contributed by atoms with Gasteiger partial charge in [0.25, 0.3) is 10.0 Å². The molecule has 0 amide bonds. The number of rotatable bonds is 5. The van der Waals surface area contributed by atoms with Gasteiger partial charge in [-0.25, -0.2) is 14.6 Å². The van der Waals surface area contributed by atoms with E-state index in [1.54, 1.807) is 6.07 Å². The number of hydrogen-bond donors (Lipinski definition) is 2. The van der Waals surface area contributed by atoms with Crippen LogP contribution in [0.5, 0.6) is 0 Å². The first kappa shape index (κ1) is 16.3. The van der Waals surface area contributed by atoms with Crippen LogP contribution in [0.1, 0.15) is 26.5 Å². The summed E-state index contributed by atoms with van der Waals surface area (Å²) in [6.07, 6.45) is 0.878. The number of aromatic carboxylic acids is 2. The van der Waals surface area contributed by atoms with Crippen LogP contribution in [0, 0.1) is 0 Å². The van der Waals surface area contributed by atoms with E-state index >= 15 is 0 Å². The first-order valence-electron chi connectivity index (χ1n) is 6.13. The summed E-state index contributed by atoms with van der Waals surface area (Å²) < 4.78 is 27.4. The monoisotopic (exact) mass is 334 g/mol. The van der Waals surface area contributed by atoms with Crippen molar-refractivity contribution >= 4 is 28.2 Å². The van der Waals surface area contributed by atoms with Crippen LogP contribution in [0.2, 0.25) is 0 Å². The highest BCUT2D eigenvalue weighted by Crippen LogP contribution is 2.12. The minimum Gasteiger partial charge on any atom is -0.477 e. The average Bonchev–Trinajstić information content (AvgIpc) is 2.53. The van der Waals surface area contributed by atoms with Gasteiger partial charge in [0.15, 0.2) is 0 Å². The van der Waals surface area contributed by atoms with E-state index in [1.807, 2.05) is 0 Å². The van der Waals surface area contributed by atoms with E-state index in [2.05, 4.69) is 9.38 Å². The van der Waals surface area contributed by atoms with Crippen molar-refractivity contribution in [1.29, 1.82) is 0 Å². The molecular weight excluding hydrogens is 324 g/mol. The highest BCUT2D eigenvalue weighted by Gasteiger charge is 2.14. The van der Waals surface area contributed by atoms with Gasteiger partial charge in [0, 0.05) is 6.21 Å². The molecule has 9 heteroatoms. The number of sulfonamides is 1. The second-order valence-electron chi connectivity index (χ2n) is 4.30.